The number of unbranched alkanes of at least 4 members (excludes halogenated alkanes) is 5. The first-order valence-corrected chi connectivity index (χ1v) is 13.1. The van der Waals surface area contributed by atoms with E-state index < -0.39 is 24.5 Å². The molecule has 0 atom stereocenters. The summed E-state index contributed by atoms with van der Waals surface area (Å²) in [6, 6.07) is 6.69. The Labute approximate surface area is 172 Å². The van der Waals surface area contributed by atoms with E-state index in [1.54, 1.807) is 18.2 Å². The van der Waals surface area contributed by atoms with Gasteiger partial charge in [-0.05, 0) is 30.4 Å². The number of benzene rings is 1. The number of allylic oxidation sites excluding steroid dienone is 1. The predicted molar refractivity (Wildman–Crippen MR) is 113 cm³/mol. The van der Waals surface area contributed by atoms with E-state index in [2.05, 4.69) is 17.5 Å². The molecule has 0 bridgehead atoms. The van der Waals surface area contributed by atoms with Crippen molar-refractivity contribution in [1.29, 1.82) is 0 Å². The lowest BCUT2D eigenvalue weighted by atomic mass is 10.1. The second kappa shape index (κ2) is 12.8. The molecule has 0 saturated carbocycles. The van der Waals surface area contributed by atoms with Crippen LogP contribution in [0.3, 0.4) is 0 Å². The third kappa shape index (κ3) is 9.69. The lowest BCUT2D eigenvalue weighted by Crippen LogP contribution is -2.30. The van der Waals surface area contributed by atoms with Gasteiger partial charge in [-0.3, -0.25) is 4.52 Å². The van der Waals surface area contributed by atoms with Crippen LogP contribution in [0.2, 0.25) is 0 Å². The molecule has 0 aliphatic carbocycles. The van der Waals surface area contributed by atoms with Crippen molar-refractivity contribution in [1.82, 2.24) is 4.31 Å². The summed E-state index contributed by atoms with van der Waals surface area (Å²) in [5.41, 5.74) is 0. The van der Waals surface area contributed by atoms with Gasteiger partial charge in [-0.25, -0.2) is 13.0 Å². The summed E-state index contributed by atoms with van der Waals surface area (Å²) in [6.45, 7) is 1.62. The number of rotatable bonds is 14. The van der Waals surface area contributed by atoms with Gasteiger partial charge in [0.05, 0.1) is 11.5 Å². The third-order valence-corrected chi connectivity index (χ3v) is 7.47. The van der Waals surface area contributed by atoms with E-state index in [-0.39, 0.29) is 11.4 Å². The van der Waals surface area contributed by atoms with Gasteiger partial charge < -0.3 is 9.79 Å². The fourth-order valence-electron chi connectivity index (χ4n) is 2.39. The number of hydrogen-bond acceptors (Lipinski definition) is 5. The molecule has 1 aromatic rings. The third-order valence-electron chi connectivity index (χ3n) is 3.97. The molecule has 0 aliphatic rings. The molecule has 7 nitrogen and oxygen atoms in total. The number of hydrogen-bond donors (Lipinski definition) is 2. The van der Waals surface area contributed by atoms with E-state index >= 15 is 0 Å². The fourth-order valence-corrected chi connectivity index (χ4v) is 5.12. The molecule has 0 aliphatic heterocycles. The van der Waals surface area contributed by atoms with Crippen molar-refractivity contribution in [2.75, 3.05) is 20.2 Å². The first kappa shape index (κ1) is 25.4. The summed E-state index contributed by atoms with van der Waals surface area (Å²) in [5, 5.41) is 1.91. The van der Waals surface area contributed by atoms with Gasteiger partial charge in [0, 0.05) is 18.5 Å². The Hall–Kier alpha value is -0.670. The second-order valence-corrected chi connectivity index (χ2v) is 10.5. The zero-order chi connectivity index (χ0) is 21.0. The first-order chi connectivity index (χ1) is 13.2. The van der Waals surface area contributed by atoms with E-state index in [1.165, 1.54) is 50.6 Å². The summed E-state index contributed by atoms with van der Waals surface area (Å²) in [4.78, 5) is 18.2. The van der Waals surface area contributed by atoms with Gasteiger partial charge in [-0.1, -0.05) is 62.6 Å². The molecule has 0 spiro atoms. The van der Waals surface area contributed by atoms with Crippen molar-refractivity contribution in [3.63, 3.8) is 0 Å². The lowest BCUT2D eigenvalue weighted by Gasteiger charge is -2.18. The number of nitrogens with zero attached hydrogens (tertiary/aromatic N) is 1. The molecule has 0 saturated heterocycles. The van der Waals surface area contributed by atoms with Crippen molar-refractivity contribution >= 4 is 29.6 Å². The highest BCUT2D eigenvalue weighted by Gasteiger charge is 2.24. The monoisotopic (exact) mass is 451 g/mol. The van der Waals surface area contributed by atoms with Gasteiger partial charge in [0.15, 0.2) is 0 Å². The molecule has 1 aromatic carbocycles. The number of phosphoric acid groups is 1. The smallest absolute Gasteiger partial charge is 0.303 e. The number of likely N-dealkylation sites (N-methyl/N-ethyl adjacent to an activating group) is 1. The SMILES string of the molecule is CCCCCCCC=CSc1ccccc1S(=O)(=O)N(C)CCOP(=O)(O)O. The quantitative estimate of drug-likeness (QED) is 0.246. The minimum Gasteiger partial charge on any atom is -0.303 e. The van der Waals surface area contributed by atoms with Crippen molar-refractivity contribution in [3.05, 3.63) is 35.7 Å². The van der Waals surface area contributed by atoms with Gasteiger partial charge in [0.1, 0.15) is 0 Å². The van der Waals surface area contributed by atoms with Crippen LogP contribution in [-0.2, 0) is 19.1 Å². The van der Waals surface area contributed by atoms with E-state index in [1.807, 2.05) is 5.41 Å². The van der Waals surface area contributed by atoms with Crippen LogP contribution in [0.25, 0.3) is 0 Å². The maximum Gasteiger partial charge on any atom is 0.469 e. The molecule has 160 valence electrons. The van der Waals surface area contributed by atoms with Crippen LogP contribution in [0, 0.1) is 0 Å². The van der Waals surface area contributed by atoms with Crippen molar-refractivity contribution in [3.8, 4) is 0 Å². The van der Waals surface area contributed by atoms with Gasteiger partial charge >= 0.3 is 7.82 Å². The molecule has 0 fully saturated rings. The predicted octanol–water partition coefficient (Wildman–Crippen LogP) is 4.38. The minimum absolute atomic E-state index is 0.159. The summed E-state index contributed by atoms with van der Waals surface area (Å²) in [6.07, 6.45) is 9.07. The molecular formula is C18H30NO6PS2. The average molecular weight is 452 g/mol. The van der Waals surface area contributed by atoms with Gasteiger partial charge in [0.25, 0.3) is 0 Å². The van der Waals surface area contributed by atoms with E-state index in [9.17, 15) is 13.0 Å². The Bertz CT molecular complexity index is 763. The van der Waals surface area contributed by atoms with E-state index in [0.717, 1.165) is 17.1 Å². The summed E-state index contributed by atoms with van der Waals surface area (Å²) >= 11 is 1.35. The topological polar surface area (TPSA) is 104 Å². The summed E-state index contributed by atoms with van der Waals surface area (Å²) < 4.78 is 41.7. The molecule has 0 amide bonds. The van der Waals surface area contributed by atoms with Crippen molar-refractivity contribution < 1.29 is 27.3 Å². The largest absolute Gasteiger partial charge is 0.469 e. The van der Waals surface area contributed by atoms with Crippen LogP contribution < -0.4 is 0 Å². The summed E-state index contributed by atoms with van der Waals surface area (Å²) in [5.74, 6) is 0. The van der Waals surface area contributed by atoms with Crippen molar-refractivity contribution in [2.24, 2.45) is 0 Å². The average Bonchev–Trinajstić information content (AvgIpc) is 2.63. The second-order valence-electron chi connectivity index (χ2n) is 6.29. The van der Waals surface area contributed by atoms with Crippen LogP contribution in [-0.4, -0.2) is 42.7 Å². The number of thioether (sulfide) groups is 1. The van der Waals surface area contributed by atoms with Crippen LogP contribution in [0.4, 0.5) is 0 Å². The van der Waals surface area contributed by atoms with Gasteiger partial charge in [-0.2, -0.15) is 4.31 Å². The Balaban J connectivity index is 2.66. The highest BCUT2D eigenvalue weighted by Crippen LogP contribution is 2.35. The zero-order valence-corrected chi connectivity index (χ0v) is 18.9. The summed E-state index contributed by atoms with van der Waals surface area (Å²) in [7, 11) is -7.07. The van der Waals surface area contributed by atoms with E-state index in [4.69, 9.17) is 9.79 Å². The maximum atomic E-state index is 12.8. The van der Waals surface area contributed by atoms with Crippen LogP contribution >= 0.6 is 19.6 Å². The highest BCUT2D eigenvalue weighted by atomic mass is 32.2. The molecule has 2 N–H and O–H groups in total. The normalized spacial score (nSPS) is 12.9. The Morgan fingerprint density at radius 1 is 1.18 bits per heavy atom. The standard InChI is InChI=1S/C18H30NO6PS2/c1-3-4-5-6-7-8-11-16-27-17-12-9-10-13-18(17)28(23,24)19(2)14-15-25-26(20,21)22/h9-13,16H,3-8,14-15H2,1-2H3,(H2,20,21,22). The Morgan fingerprint density at radius 2 is 1.86 bits per heavy atom. The van der Waals surface area contributed by atoms with Gasteiger partial charge in [0.2, 0.25) is 10.0 Å². The molecule has 1 rings (SSSR count). The maximum absolute atomic E-state index is 12.8. The molecule has 28 heavy (non-hydrogen) atoms. The fraction of sp³-hybridized carbons (Fsp3) is 0.556. The van der Waals surface area contributed by atoms with Crippen molar-refractivity contribution in [2.45, 2.75) is 55.2 Å². The number of phosphoric ester groups is 1. The lowest BCUT2D eigenvalue weighted by molar-refractivity contribution is 0.188. The Kier molecular flexibility index (Phi) is 11.6. The van der Waals surface area contributed by atoms with E-state index in [0.29, 0.717) is 4.90 Å². The Morgan fingerprint density at radius 3 is 2.54 bits per heavy atom. The minimum atomic E-state index is -4.62. The van der Waals surface area contributed by atoms with Crippen LogP contribution in [0.5, 0.6) is 0 Å². The molecule has 0 unspecified atom stereocenters. The van der Waals surface area contributed by atoms with Crippen LogP contribution in [0.15, 0.2) is 45.5 Å². The molecule has 0 heterocycles. The zero-order valence-electron chi connectivity index (χ0n) is 16.4. The highest BCUT2D eigenvalue weighted by molar-refractivity contribution is 8.02. The van der Waals surface area contributed by atoms with Gasteiger partial charge in [-0.15, -0.1) is 0 Å². The van der Waals surface area contributed by atoms with Crippen LogP contribution in [0.1, 0.15) is 45.4 Å². The molecular weight excluding hydrogens is 421 g/mol. The molecule has 10 heteroatoms. The first-order valence-electron chi connectivity index (χ1n) is 9.25. The molecule has 0 aromatic heterocycles. The molecule has 0 radical (unpaired) electrons. The number of sulfonamides is 1.